The van der Waals surface area contributed by atoms with Gasteiger partial charge in [-0.15, -0.1) is 0 Å². The number of para-hydroxylation sites is 1. The monoisotopic (exact) mass is 456 g/mol. The second kappa shape index (κ2) is 10.7. The first-order valence-electron chi connectivity index (χ1n) is 11.4. The average Bonchev–Trinajstić information content (AvgIpc) is 3.29. The molecule has 0 spiro atoms. The van der Waals surface area contributed by atoms with Gasteiger partial charge in [-0.3, -0.25) is 9.59 Å². The van der Waals surface area contributed by atoms with E-state index in [0.717, 1.165) is 30.5 Å². The molecule has 1 aliphatic carbocycles. The Bertz CT molecular complexity index is 1190. The van der Waals surface area contributed by atoms with Crippen LogP contribution in [0.2, 0.25) is 0 Å². The Morgan fingerprint density at radius 1 is 0.824 bits per heavy atom. The molecule has 0 unspecified atom stereocenters. The molecule has 4 amide bonds. The quantitative estimate of drug-likeness (QED) is 0.496. The van der Waals surface area contributed by atoms with Gasteiger partial charge in [-0.1, -0.05) is 36.4 Å². The Hall–Kier alpha value is -4.13. The topological polar surface area (TPSA) is 90.5 Å². The molecule has 0 saturated carbocycles. The standard InChI is InChI=1S/C27H28N4O3/c1-19-7-5-10-22(15-19)30-27(34)28-17-26(33)31(24-11-3-2-4-12-24)18-25(32)29-23-14-13-20-8-6-9-21(20)16-23/h2-5,7,10-16H,6,8-9,17-18H2,1H3,(H,29,32)(H2,28,30,34). The normalized spacial score (nSPS) is 11.9. The van der Waals surface area contributed by atoms with Crippen LogP contribution in [0.4, 0.5) is 21.9 Å². The average molecular weight is 457 g/mol. The summed E-state index contributed by atoms with van der Waals surface area (Å²) in [5.74, 6) is -0.700. The van der Waals surface area contributed by atoms with Crippen LogP contribution in [-0.2, 0) is 22.4 Å². The van der Waals surface area contributed by atoms with E-state index in [1.165, 1.54) is 16.0 Å². The zero-order valence-electron chi connectivity index (χ0n) is 19.1. The van der Waals surface area contributed by atoms with Gasteiger partial charge in [0.2, 0.25) is 11.8 Å². The molecule has 174 valence electrons. The SMILES string of the molecule is Cc1cccc(NC(=O)NCC(=O)N(CC(=O)Nc2ccc3c(c2)CCC3)c2ccccc2)c1. The van der Waals surface area contributed by atoms with Crippen molar-refractivity contribution < 1.29 is 14.4 Å². The minimum atomic E-state index is -0.491. The zero-order chi connectivity index (χ0) is 23.9. The maximum absolute atomic E-state index is 13.0. The van der Waals surface area contributed by atoms with Gasteiger partial charge >= 0.3 is 6.03 Å². The van der Waals surface area contributed by atoms with Gasteiger partial charge in [0.1, 0.15) is 6.54 Å². The van der Waals surface area contributed by atoms with Crippen LogP contribution < -0.4 is 20.9 Å². The van der Waals surface area contributed by atoms with Crippen LogP contribution in [0, 0.1) is 6.92 Å². The summed E-state index contributed by atoms with van der Waals surface area (Å²) in [5, 5.41) is 8.19. The fourth-order valence-electron chi connectivity index (χ4n) is 4.07. The third kappa shape index (κ3) is 6.01. The summed E-state index contributed by atoms with van der Waals surface area (Å²) in [5.41, 5.74) is 5.54. The van der Waals surface area contributed by atoms with E-state index in [4.69, 9.17) is 0 Å². The second-order valence-corrected chi connectivity index (χ2v) is 8.38. The highest BCUT2D eigenvalue weighted by atomic mass is 16.2. The minimum Gasteiger partial charge on any atom is -0.329 e. The number of hydrogen-bond acceptors (Lipinski definition) is 3. The fraction of sp³-hybridized carbons (Fsp3) is 0.222. The van der Waals surface area contributed by atoms with Crippen LogP contribution in [0.3, 0.4) is 0 Å². The fourth-order valence-corrected chi connectivity index (χ4v) is 4.07. The lowest BCUT2D eigenvalue weighted by molar-refractivity contribution is -0.121. The van der Waals surface area contributed by atoms with E-state index in [1.807, 2.05) is 43.3 Å². The van der Waals surface area contributed by atoms with Crippen molar-refractivity contribution in [1.82, 2.24) is 5.32 Å². The van der Waals surface area contributed by atoms with Gasteiger partial charge in [-0.2, -0.15) is 0 Å². The van der Waals surface area contributed by atoms with Crippen LogP contribution >= 0.6 is 0 Å². The number of nitrogens with zero attached hydrogens (tertiary/aromatic N) is 1. The van der Waals surface area contributed by atoms with Crippen molar-refractivity contribution in [3.63, 3.8) is 0 Å². The third-order valence-corrected chi connectivity index (χ3v) is 5.73. The highest BCUT2D eigenvalue weighted by Gasteiger charge is 2.20. The van der Waals surface area contributed by atoms with Crippen LogP contribution in [0.15, 0.2) is 72.8 Å². The third-order valence-electron chi connectivity index (χ3n) is 5.73. The van der Waals surface area contributed by atoms with Crippen molar-refractivity contribution in [2.75, 3.05) is 28.6 Å². The molecule has 4 rings (SSSR count). The van der Waals surface area contributed by atoms with E-state index >= 15 is 0 Å². The van der Waals surface area contributed by atoms with Crippen molar-refractivity contribution in [2.24, 2.45) is 0 Å². The molecule has 0 radical (unpaired) electrons. The van der Waals surface area contributed by atoms with Gasteiger partial charge < -0.3 is 20.9 Å². The largest absolute Gasteiger partial charge is 0.329 e. The number of anilines is 3. The van der Waals surface area contributed by atoms with Crippen molar-refractivity contribution in [3.05, 3.63) is 89.5 Å². The number of amides is 4. The molecular weight excluding hydrogens is 428 g/mol. The smallest absolute Gasteiger partial charge is 0.319 e. The molecule has 1 aliphatic rings. The molecule has 3 N–H and O–H groups in total. The summed E-state index contributed by atoms with van der Waals surface area (Å²) >= 11 is 0. The Kier molecular flexibility index (Phi) is 7.22. The van der Waals surface area contributed by atoms with Crippen molar-refractivity contribution in [1.29, 1.82) is 0 Å². The number of hydrogen-bond donors (Lipinski definition) is 3. The van der Waals surface area contributed by atoms with E-state index in [9.17, 15) is 14.4 Å². The maximum Gasteiger partial charge on any atom is 0.319 e. The van der Waals surface area contributed by atoms with Crippen LogP contribution in [0.5, 0.6) is 0 Å². The molecule has 7 heteroatoms. The first-order chi connectivity index (χ1) is 16.5. The summed E-state index contributed by atoms with van der Waals surface area (Å²) < 4.78 is 0. The molecular formula is C27H28N4O3. The van der Waals surface area contributed by atoms with E-state index < -0.39 is 11.9 Å². The maximum atomic E-state index is 13.0. The number of rotatable bonds is 7. The number of benzene rings is 3. The Morgan fingerprint density at radius 3 is 2.38 bits per heavy atom. The predicted molar refractivity (Wildman–Crippen MR) is 134 cm³/mol. The molecule has 0 aliphatic heterocycles. The summed E-state index contributed by atoms with van der Waals surface area (Å²) in [7, 11) is 0. The predicted octanol–water partition coefficient (Wildman–Crippen LogP) is 4.28. The minimum absolute atomic E-state index is 0.166. The van der Waals surface area contributed by atoms with Crippen molar-refractivity contribution >= 4 is 34.9 Å². The summed E-state index contributed by atoms with van der Waals surface area (Å²) in [6.45, 7) is 1.51. The highest BCUT2D eigenvalue weighted by Crippen LogP contribution is 2.25. The number of aryl methyl sites for hydroxylation is 3. The van der Waals surface area contributed by atoms with Crippen LogP contribution in [0.1, 0.15) is 23.1 Å². The van der Waals surface area contributed by atoms with E-state index in [2.05, 4.69) is 22.0 Å². The Balaban J connectivity index is 1.38. The molecule has 0 heterocycles. The molecule has 0 saturated heterocycles. The van der Waals surface area contributed by atoms with Crippen LogP contribution in [-0.4, -0.2) is 30.9 Å². The van der Waals surface area contributed by atoms with Crippen LogP contribution in [0.25, 0.3) is 0 Å². The van der Waals surface area contributed by atoms with Gasteiger partial charge in [0.05, 0.1) is 6.54 Å². The molecule has 0 bridgehead atoms. The Labute approximate surface area is 199 Å². The number of nitrogens with one attached hydrogen (secondary N) is 3. The van der Waals surface area contributed by atoms with Crippen molar-refractivity contribution in [2.45, 2.75) is 26.2 Å². The van der Waals surface area contributed by atoms with Gasteiger partial charge in [0, 0.05) is 17.1 Å². The first-order valence-corrected chi connectivity index (χ1v) is 11.4. The molecule has 0 atom stereocenters. The molecule has 3 aromatic carbocycles. The summed E-state index contributed by atoms with van der Waals surface area (Å²) in [4.78, 5) is 39.4. The first kappa shape index (κ1) is 23.0. The van der Waals surface area contributed by atoms with Gasteiger partial charge in [-0.05, 0) is 79.3 Å². The molecule has 34 heavy (non-hydrogen) atoms. The molecule has 3 aromatic rings. The second-order valence-electron chi connectivity index (χ2n) is 8.38. The number of carbonyl (C=O) groups is 3. The molecule has 0 aromatic heterocycles. The molecule has 0 fully saturated rings. The molecule has 7 nitrogen and oxygen atoms in total. The number of carbonyl (C=O) groups excluding carboxylic acids is 3. The lowest BCUT2D eigenvalue weighted by atomic mass is 10.1. The van der Waals surface area contributed by atoms with E-state index in [1.54, 1.807) is 30.3 Å². The van der Waals surface area contributed by atoms with E-state index in [-0.39, 0.29) is 19.0 Å². The highest BCUT2D eigenvalue weighted by molar-refractivity contribution is 6.04. The lowest BCUT2D eigenvalue weighted by Gasteiger charge is -2.23. The summed E-state index contributed by atoms with van der Waals surface area (Å²) in [6, 6.07) is 21.8. The lowest BCUT2D eigenvalue weighted by Crippen LogP contribution is -2.44. The number of urea groups is 1. The summed E-state index contributed by atoms with van der Waals surface area (Å²) in [6.07, 6.45) is 3.22. The van der Waals surface area contributed by atoms with Gasteiger partial charge in [0.15, 0.2) is 0 Å². The van der Waals surface area contributed by atoms with E-state index in [0.29, 0.717) is 11.4 Å². The van der Waals surface area contributed by atoms with Gasteiger partial charge in [-0.25, -0.2) is 4.79 Å². The number of fused-ring (bicyclic) bond motifs is 1. The zero-order valence-corrected chi connectivity index (χ0v) is 19.1. The van der Waals surface area contributed by atoms with Crippen molar-refractivity contribution in [3.8, 4) is 0 Å². The van der Waals surface area contributed by atoms with Gasteiger partial charge in [0.25, 0.3) is 0 Å². The Morgan fingerprint density at radius 2 is 1.59 bits per heavy atom.